The van der Waals surface area contributed by atoms with Crippen LogP contribution in [0.5, 0.6) is 5.88 Å². The highest BCUT2D eigenvalue weighted by Crippen LogP contribution is 2.40. The van der Waals surface area contributed by atoms with E-state index in [-0.39, 0.29) is 16.7 Å². The molecule has 0 atom stereocenters. The Kier molecular flexibility index (Phi) is 7.78. The van der Waals surface area contributed by atoms with Crippen LogP contribution in [-0.2, 0) is 21.2 Å². The summed E-state index contributed by atoms with van der Waals surface area (Å²) >= 11 is 0. The second kappa shape index (κ2) is 11.0. The Hall–Kier alpha value is -2.56. The van der Waals surface area contributed by atoms with Gasteiger partial charge in [0.05, 0.1) is 11.5 Å². The van der Waals surface area contributed by atoms with Gasteiger partial charge in [-0.3, -0.25) is 4.79 Å². The molecule has 3 fully saturated rings. The number of carbonyl (C=O) groups is 1. The zero-order valence-corrected chi connectivity index (χ0v) is 21.7. The number of nitrogens with zero attached hydrogens (tertiary/aromatic N) is 2. The van der Waals surface area contributed by atoms with E-state index < -0.39 is 15.8 Å². The number of piperidine rings is 1. The van der Waals surface area contributed by atoms with Gasteiger partial charge in [-0.15, -0.1) is 0 Å². The van der Waals surface area contributed by atoms with Crippen molar-refractivity contribution in [2.45, 2.75) is 55.8 Å². The minimum atomic E-state index is -3.89. The van der Waals surface area contributed by atoms with E-state index in [1.807, 2.05) is 11.0 Å². The normalized spacial score (nSPS) is 19.7. The SMILES string of the molecule is NS(=O)(=O)c1ccc(F)c(CC2CCN(C(=O)c3cc(OCC4CCOCC4)nc(C4CC4)c3)CC2)c1. The summed E-state index contributed by atoms with van der Waals surface area (Å²) in [5, 5.41) is 5.20. The summed E-state index contributed by atoms with van der Waals surface area (Å²) in [7, 11) is -3.89. The van der Waals surface area contributed by atoms with Gasteiger partial charge in [-0.05, 0) is 86.6 Å². The Bertz CT molecular complexity index is 1240. The van der Waals surface area contributed by atoms with E-state index in [9.17, 15) is 17.6 Å². The van der Waals surface area contributed by atoms with Crippen LogP contribution in [0.15, 0.2) is 35.2 Å². The lowest BCUT2D eigenvalue weighted by molar-refractivity contribution is 0.0489. The van der Waals surface area contributed by atoms with Crippen LogP contribution in [-0.4, -0.2) is 57.1 Å². The molecule has 2 aliphatic heterocycles. The van der Waals surface area contributed by atoms with Gasteiger partial charge in [-0.2, -0.15) is 0 Å². The van der Waals surface area contributed by atoms with Crippen LogP contribution in [0.3, 0.4) is 0 Å². The van der Waals surface area contributed by atoms with Crippen LogP contribution in [0, 0.1) is 17.7 Å². The zero-order valence-electron chi connectivity index (χ0n) is 20.9. The lowest BCUT2D eigenvalue weighted by Crippen LogP contribution is -2.39. The number of halogens is 1. The van der Waals surface area contributed by atoms with Gasteiger partial charge >= 0.3 is 0 Å². The number of ether oxygens (including phenoxy) is 2. The Labute approximate surface area is 217 Å². The third-order valence-electron chi connectivity index (χ3n) is 7.63. The van der Waals surface area contributed by atoms with E-state index in [0.717, 1.165) is 50.7 Å². The van der Waals surface area contributed by atoms with Gasteiger partial charge in [-0.25, -0.2) is 22.9 Å². The summed E-state index contributed by atoms with van der Waals surface area (Å²) in [6.45, 7) is 3.20. The summed E-state index contributed by atoms with van der Waals surface area (Å²) in [5.74, 6) is 1.01. The molecular weight excluding hydrogens is 497 g/mol. The first-order valence-corrected chi connectivity index (χ1v) is 14.6. The molecule has 1 aromatic heterocycles. The lowest BCUT2D eigenvalue weighted by Gasteiger charge is -2.32. The van der Waals surface area contributed by atoms with Crippen molar-refractivity contribution in [1.82, 2.24) is 9.88 Å². The first kappa shape index (κ1) is 26.1. The Morgan fingerprint density at radius 3 is 2.46 bits per heavy atom. The molecule has 0 spiro atoms. The Morgan fingerprint density at radius 1 is 1.05 bits per heavy atom. The van der Waals surface area contributed by atoms with E-state index in [1.165, 1.54) is 12.1 Å². The molecule has 3 heterocycles. The molecule has 1 aliphatic carbocycles. The highest BCUT2D eigenvalue weighted by atomic mass is 32.2. The number of pyridine rings is 1. The minimum absolute atomic E-state index is 0.0407. The van der Waals surface area contributed by atoms with Gasteiger partial charge < -0.3 is 14.4 Å². The van der Waals surface area contributed by atoms with Crippen LogP contribution in [0.2, 0.25) is 0 Å². The topological polar surface area (TPSA) is 112 Å². The standard InChI is InChI=1S/C27H34FN3O5S/c28-24-4-3-23(37(29,33)34)14-21(24)13-18-5-9-31(10-6-18)27(32)22-15-25(20-1-2-20)30-26(16-22)36-17-19-7-11-35-12-8-19/h3-4,14-16,18-20H,1-2,5-13,17H2,(H2,29,33,34). The number of aromatic nitrogens is 1. The van der Waals surface area contributed by atoms with Crippen molar-refractivity contribution in [3.63, 3.8) is 0 Å². The van der Waals surface area contributed by atoms with E-state index in [4.69, 9.17) is 14.6 Å². The number of benzene rings is 1. The number of rotatable bonds is 8. The van der Waals surface area contributed by atoms with E-state index in [2.05, 4.69) is 4.98 Å². The number of primary sulfonamides is 1. The molecule has 1 saturated carbocycles. The molecular formula is C27H34FN3O5S. The fraction of sp³-hybridized carbons (Fsp3) is 0.556. The van der Waals surface area contributed by atoms with Crippen LogP contribution in [0.4, 0.5) is 4.39 Å². The lowest BCUT2D eigenvalue weighted by atomic mass is 9.89. The molecule has 1 aromatic carbocycles. The fourth-order valence-electron chi connectivity index (χ4n) is 5.15. The molecule has 0 radical (unpaired) electrons. The third-order valence-corrected chi connectivity index (χ3v) is 8.54. The fourth-order valence-corrected chi connectivity index (χ4v) is 5.71. The average molecular weight is 532 g/mol. The molecule has 3 aliphatic rings. The average Bonchev–Trinajstić information content (AvgIpc) is 3.74. The highest BCUT2D eigenvalue weighted by molar-refractivity contribution is 7.89. The second-order valence-electron chi connectivity index (χ2n) is 10.5. The maximum absolute atomic E-state index is 14.3. The van der Waals surface area contributed by atoms with Crippen molar-refractivity contribution in [2.75, 3.05) is 32.9 Å². The van der Waals surface area contributed by atoms with Crippen molar-refractivity contribution in [2.24, 2.45) is 17.0 Å². The number of hydrogen-bond donors (Lipinski definition) is 1. The van der Waals surface area contributed by atoms with Crippen molar-refractivity contribution >= 4 is 15.9 Å². The molecule has 0 bridgehead atoms. The summed E-state index contributed by atoms with van der Waals surface area (Å²) < 4.78 is 49.1. The van der Waals surface area contributed by atoms with E-state index in [1.54, 1.807) is 6.07 Å². The van der Waals surface area contributed by atoms with Gasteiger partial charge in [-0.1, -0.05) is 0 Å². The number of sulfonamides is 1. The number of nitrogens with two attached hydrogens (primary N) is 1. The molecule has 37 heavy (non-hydrogen) atoms. The Balaban J connectivity index is 1.22. The van der Waals surface area contributed by atoms with Crippen molar-refractivity contribution in [3.05, 3.63) is 53.0 Å². The second-order valence-corrected chi connectivity index (χ2v) is 12.1. The highest BCUT2D eigenvalue weighted by Gasteiger charge is 2.29. The van der Waals surface area contributed by atoms with Crippen LogP contribution in [0.25, 0.3) is 0 Å². The van der Waals surface area contributed by atoms with Gasteiger partial charge in [0, 0.05) is 49.5 Å². The first-order chi connectivity index (χ1) is 17.8. The predicted octanol–water partition coefficient (Wildman–Crippen LogP) is 3.65. The van der Waals surface area contributed by atoms with E-state index in [0.29, 0.717) is 67.8 Å². The molecule has 1 amide bonds. The van der Waals surface area contributed by atoms with Gasteiger partial charge in [0.2, 0.25) is 15.9 Å². The predicted molar refractivity (Wildman–Crippen MR) is 135 cm³/mol. The van der Waals surface area contributed by atoms with Crippen LogP contribution < -0.4 is 9.88 Å². The van der Waals surface area contributed by atoms with Crippen molar-refractivity contribution in [1.29, 1.82) is 0 Å². The van der Waals surface area contributed by atoms with Crippen LogP contribution >= 0.6 is 0 Å². The molecule has 8 nitrogen and oxygen atoms in total. The van der Waals surface area contributed by atoms with Gasteiger partial charge in [0.25, 0.3) is 5.91 Å². The molecule has 2 N–H and O–H groups in total. The van der Waals surface area contributed by atoms with Crippen molar-refractivity contribution in [3.8, 4) is 5.88 Å². The largest absolute Gasteiger partial charge is 0.477 e. The number of hydrogen-bond acceptors (Lipinski definition) is 6. The monoisotopic (exact) mass is 531 g/mol. The maximum Gasteiger partial charge on any atom is 0.254 e. The Morgan fingerprint density at radius 2 is 1.78 bits per heavy atom. The van der Waals surface area contributed by atoms with Gasteiger partial charge in [0.1, 0.15) is 5.82 Å². The zero-order chi connectivity index (χ0) is 26.0. The minimum Gasteiger partial charge on any atom is -0.477 e. The van der Waals surface area contributed by atoms with Gasteiger partial charge in [0.15, 0.2) is 0 Å². The summed E-state index contributed by atoms with van der Waals surface area (Å²) in [4.78, 5) is 19.8. The molecule has 2 aromatic rings. The smallest absolute Gasteiger partial charge is 0.254 e. The molecule has 2 saturated heterocycles. The maximum atomic E-state index is 14.3. The molecule has 10 heteroatoms. The molecule has 200 valence electrons. The van der Waals surface area contributed by atoms with Crippen molar-refractivity contribution < 1.29 is 27.1 Å². The number of carbonyl (C=O) groups excluding carboxylic acids is 1. The summed E-state index contributed by atoms with van der Waals surface area (Å²) in [5.41, 5.74) is 1.86. The van der Waals surface area contributed by atoms with Crippen LogP contribution in [0.1, 0.15) is 66.1 Å². The molecule has 5 rings (SSSR count). The number of likely N-dealkylation sites (tertiary alicyclic amines) is 1. The summed E-state index contributed by atoms with van der Waals surface area (Å²) in [6.07, 6.45) is 5.93. The first-order valence-electron chi connectivity index (χ1n) is 13.1. The third kappa shape index (κ3) is 6.66. The number of amides is 1. The van der Waals surface area contributed by atoms with E-state index >= 15 is 0 Å². The quantitative estimate of drug-likeness (QED) is 0.557. The summed E-state index contributed by atoms with van der Waals surface area (Å²) in [6, 6.07) is 7.31. The molecule has 0 unspecified atom stereocenters.